The Morgan fingerprint density at radius 1 is 1.29 bits per heavy atom. The van der Waals surface area contributed by atoms with Crippen molar-refractivity contribution in [1.82, 2.24) is 5.32 Å². The Kier molecular flexibility index (Phi) is 4.10. The lowest BCUT2D eigenvalue weighted by Crippen LogP contribution is -2.29. The van der Waals surface area contributed by atoms with Crippen LogP contribution in [0.3, 0.4) is 0 Å². The van der Waals surface area contributed by atoms with E-state index in [9.17, 15) is 4.79 Å². The molecular weight excluding hydrogens is 178 g/mol. The number of rotatable bonds is 4. The Morgan fingerprint density at radius 3 is 2.64 bits per heavy atom. The summed E-state index contributed by atoms with van der Waals surface area (Å²) in [6.45, 7) is 1.04. The molecule has 4 heteroatoms. The molecule has 1 rings (SSSR count). The molecule has 1 aromatic rings. The van der Waals surface area contributed by atoms with Crippen molar-refractivity contribution in [3.05, 3.63) is 35.4 Å². The molecule has 0 saturated carbocycles. The normalized spacial score (nSPS) is 9.86. The summed E-state index contributed by atoms with van der Waals surface area (Å²) in [6.07, 6.45) is 0. The van der Waals surface area contributed by atoms with Gasteiger partial charge in [-0.1, -0.05) is 24.3 Å². The average molecular weight is 193 g/mol. The molecule has 0 spiro atoms. The van der Waals surface area contributed by atoms with Gasteiger partial charge in [-0.05, 0) is 11.1 Å². The van der Waals surface area contributed by atoms with E-state index in [4.69, 9.17) is 11.5 Å². The highest BCUT2D eigenvalue weighted by molar-refractivity contribution is 5.77. The zero-order valence-corrected chi connectivity index (χ0v) is 7.99. The molecule has 0 heterocycles. The van der Waals surface area contributed by atoms with Gasteiger partial charge in [0.2, 0.25) is 5.91 Å². The van der Waals surface area contributed by atoms with Gasteiger partial charge in [0.25, 0.3) is 0 Å². The quantitative estimate of drug-likeness (QED) is 0.615. The summed E-state index contributed by atoms with van der Waals surface area (Å²) >= 11 is 0. The Bertz CT molecular complexity index is 312. The second-order valence-electron chi connectivity index (χ2n) is 3.00. The molecule has 0 aliphatic rings. The van der Waals surface area contributed by atoms with Crippen LogP contribution < -0.4 is 16.8 Å². The number of carbonyl (C=O) groups excluding carboxylic acids is 1. The van der Waals surface area contributed by atoms with Gasteiger partial charge >= 0.3 is 0 Å². The summed E-state index contributed by atoms with van der Waals surface area (Å²) in [7, 11) is 0. The molecule has 1 amide bonds. The van der Waals surface area contributed by atoms with Gasteiger partial charge < -0.3 is 16.8 Å². The Balaban J connectivity index is 2.54. The van der Waals surface area contributed by atoms with Crippen molar-refractivity contribution in [3.8, 4) is 0 Å². The molecule has 76 valence electrons. The van der Waals surface area contributed by atoms with Gasteiger partial charge in [-0.15, -0.1) is 0 Å². The van der Waals surface area contributed by atoms with E-state index >= 15 is 0 Å². The van der Waals surface area contributed by atoms with Gasteiger partial charge in [0.1, 0.15) is 0 Å². The minimum atomic E-state index is -0.150. The highest BCUT2D eigenvalue weighted by Crippen LogP contribution is 2.03. The minimum Gasteiger partial charge on any atom is -0.351 e. The molecule has 0 aliphatic heterocycles. The summed E-state index contributed by atoms with van der Waals surface area (Å²) in [6, 6.07) is 7.78. The lowest BCUT2D eigenvalue weighted by atomic mass is 10.1. The molecule has 0 aromatic heterocycles. The van der Waals surface area contributed by atoms with E-state index < -0.39 is 0 Å². The SMILES string of the molecule is NCC(=O)NCc1cccc(CN)c1. The smallest absolute Gasteiger partial charge is 0.234 e. The van der Waals surface area contributed by atoms with E-state index in [0.29, 0.717) is 13.1 Å². The Hall–Kier alpha value is -1.39. The van der Waals surface area contributed by atoms with Crippen LogP contribution >= 0.6 is 0 Å². The number of hydrogen-bond acceptors (Lipinski definition) is 3. The number of nitrogens with one attached hydrogen (secondary N) is 1. The predicted octanol–water partition coefficient (Wildman–Crippen LogP) is -0.280. The zero-order chi connectivity index (χ0) is 10.4. The second-order valence-corrected chi connectivity index (χ2v) is 3.00. The van der Waals surface area contributed by atoms with Gasteiger partial charge in [-0.25, -0.2) is 0 Å². The fraction of sp³-hybridized carbons (Fsp3) is 0.300. The fourth-order valence-corrected chi connectivity index (χ4v) is 1.14. The van der Waals surface area contributed by atoms with Crippen LogP contribution in [0.15, 0.2) is 24.3 Å². The maximum Gasteiger partial charge on any atom is 0.234 e. The van der Waals surface area contributed by atoms with Crippen LogP contribution in [0.4, 0.5) is 0 Å². The molecule has 0 radical (unpaired) electrons. The molecule has 0 atom stereocenters. The van der Waals surface area contributed by atoms with E-state index in [1.54, 1.807) is 0 Å². The third-order valence-corrected chi connectivity index (χ3v) is 1.90. The van der Waals surface area contributed by atoms with Gasteiger partial charge in [-0.3, -0.25) is 4.79 Å². The second kappa shape index (κ2) is 5.36. The standard InChI is InChI=1S/C10H15N3O/c11-5-8-2-1-3-9(4-8)7-13-10(14)6-12/h1-4H,5-7,11-12H2,(H,13,14). The highest BCUT2D eigenvalue weighted by Gasteiger charge is 1.98. The maximum absolute atomic E-state index is 10.9. The van der Waals surface area contributed by atoms with Crippen molar-refractivity contribution in [2.45, 2.75) is 13.1 Å². The van der Waals surface area contributed by atoms with E-state index in [2.05, 4.69) is 5.32 Å². The van der Waals surface area contributed by atoms with Crippen LogP contribution in [0.1, 0.15) is 11.1 Å². The minimum absolute atomic E-state index is 0.0244. The van der Waals surface area contributed by atoms with Crippen LogP contribution in [0.2, 0.25) is 0 Å². The van der Waals surface area contributed by atoms with Crippen LogP contribution in [0, 0.1) is 0 Å². The average Bonchev–Trinajstić information content (AvgIpc) is 2.26. The van der Waals surface area contributed by atoms with Crippen LogP contribution in [0.5, 0.6) is 0 Å². The van der Waals surface area contributed by atoms with Gasteiger partial charge in [-0.2, -0.15) is 0 Å². The summed E-state index contributed by atoms with van der Waals surface area (Å²) in [4.78, 5) is 10.9. The summed E-state index contributed by atoms with van der Waals surface area (Å²) in [5, 5.41) is 2.70. The van der Waals surface area contributed by atoms with E-state index in [1.165, 1.54) is 0 Å². The number of amides is 1. The molecule has 1 aromatic carbocycles. The van der Waals surface area contributed by atoms with Gasteiger partial charge in [0, 0.05) is 13.1 Å². The molecule has 14 heavy (non-hydrogen) atoms. The van der Waals surface area contributed by atoms with Crippen LogP contribution in [0.25, 0.3) is 0 Å². The van der Waals surface area contributed by atoms with Crippen molar-refractivity contribution in [2.24, 2.45) is 11.5 Å². The van der Waals surface area contributed by atoms with E-state index in [-0.39, 0.29) is 12.5 Å². The van der Waals surface area contributed by atoms with Crippen molar-refractivity contribution in [1.29, 1.82) is 0 Å². The first-order valence-corrected chi connectivity index (χ1v) is 4.51. The monoisotopic (exact) mass is 193 g/mol. The third-order valence-electron chi connectivity index (χ3n) is 1.90. The lowest BCUT2D eigenvalue weighted by molar-refractivity contribution is -0.119. The first-order valence-electron chi connectivity index (χ1n) is 4.51. The zero-order valence-electron chi connectivity index (χ0n) is 7.99. The molecule has 0 aliphatic carbocycles. The van der Waals surface area contributed by atoms with Crippen LogP contribution in [-0.4, -0.2) is 12.5 Å². The Labute approximate surface area is 83.3 Å². The summed E-state index contributed by atoms with van der Waals surface area (Å²) in [5.41, 5.74) is 12.8. The summed E-state index contributed by atoms with van der Waals surface area (Å²) < 4.78 is 0. The molecule has 0 fully saturated rings. The molecule has 4 nitrogen and oxygen atoms in total. The number of benzene rings is 1. The Morgan fingerprint density at radius 2 is 2.00 bits per heavy atom. The fourth-order valence-electron chi connectivity index (χ4n) is 1.14. The van der Waals surface area contributed by atoms with Crippen LogP contribution in [-0.2, 0) is 17.9 Å². The highest BCUT2D eigenvalue weighted by atomic mass is 16.1. The van der Waals surface area contributed by atoms with Crippen molar-refractivity contribution in [3.63, 3.8) is 0 Å². The largest absolute Gasteiger partial charge is 0.351 e. The topological polar surface area (TPSA) is 81.1 Å². The predicted molar refractivity (Wildman–Crippen MR) is 55.2 cm³/mol. The number of nitrogens with two attached hydrogens (primary N) is 2. The first kappa shape index (κ1) is 10.7. The first-order chi connectivity index (χ1) is 6.76. The lowest BCUT2D eigenvalue weighted by Gasteiger charge is -2.05. The molecule has 0 saturated heterocycles. The van der Waals surface area contributed by atoms with E-state index in [0.717, 1.165) is 11.1 Å². The number of carbonyl (C=O) groups is 1. The molecule has 0 bridgehead atoms. The van der Waals surface area contributed by atoms with Gasteiger partial charge in [0.05, 0.1) is 6.54 Å². The summed E-state index contributed by atoms with van der Waals surface area (Å²) in [5.74, 6) is -0.150. The molecule has 5 N–H and O–H groups in total. The molecule has 0 unspecified atom stereocenters. The van der Waals surface area contributed by atoms with Crippen molar-refractivity contribution in [2.75, 3.05) is 6.54 Å². The van der Waals surface area contributed by atoms with Gasteiger partial charge in [0.15, 0.2) is 0 Å². The maximum atomic E-state index is 10.9. The molecular formula is C10H15N3O. The van der Waals surface area contributed by atoms with E-state index in [1.807, 2.05) is 24.3 Å². The third kappa shape index (κ3) is 3.16. The van der Waals surface area contributed by atoms with Crippen molar-refractivity contribution < 1.29 is 4.79 Å². The van der Waals surface area contributed by atoms with Crippen molar-refractivity contribution >= 4 is 5.91 Å². The number of hydrogen-bond donors (Lipinski definition) is 3.